The normalized spacial score (nSPS) is 11.8. The van der Waals surface area contributed by atoms with E-state index in [1.807, 2.05) is 60.2 Å². The molecule has 6 heteroatoms. The lowest BCUT2D eigenvalue weighted by atomic mass is 10.0. The van der Waals surface area contributed by atoms with Gasteiger partial charge in [-0.25, -0.2) is 14.8 Å². The van der Waals surface area contributed by atoms with E-state index in [9.17, 15) is 9.90 Å². The summed E-state index contributed by atoms with van der Waals surface area (Å²) < 4.78 is 2.01. The molecule has 0 aliphatic carbocycles. The third-order valence-electron chi connectivity index (χ3n) is 4.11. The number of aromatic nitrogens is 3. The number of imidazole rings is 1. The summed E-state index contributed by atoms with van der Waals surface area (Å²) in [6.07, 6.45) is 5.73. The van der Waals surface area contributed by atoms with E-state index in [0.717, 1.165) is 21.9 Å². The first kappa shape index (κ1) is 15.5. The van der Waals surface area contributed by atoms with Crippen molar-refractivity contribution in [1.29, 1.82) is 0 Å². The fourth-order valence-corrected chi connectivity index (χ4v) is 3.67. The van der Waals surface area contributed by atoms with Gasteiger partial charge in [0.1, 0.15) is 0 Å². The highest BCUT2D eigenvalue weighted by Crippen LogP contribution is 2.23. The van der Waals surface area contributed by atoms with Crippen LogP contribution in [-0.2, 0) is 0 Å². The number of benzene rings is 1. The van der Waals surface area contributed by atoms with Gasteiger partial charge in [-0.1, -0.05) is 11.6 Å². The summed E-state index contributed by atoms with van der Waals surface area (Å²) in [6, 6.07) is 7.26. The van der Waals surface area contributed by atoms with Crippen LogP contribution >= 0.6 is 11.3 Å². The summed E-state index contributed by atoms with van der Waals surface area (Å²) in [5.74, 6) is -0.951. The Hall–Kier alpha value is -2.99. The number of rotatable bonds is 3. The smallest absolute Gasteiger partial charge is 0.336 e. The second kappa shape index (κ2) is 5.82. The van der Waals surface area contributed by atoms with Crippen LogP contribution in [0.15, 0.2) is 35.8 Å². The van der Waals surface area contributed by atoms with Gasteiger partial charge in [0.2, 0.25) is 0 Å². The molecule has 124 valence electrons. The van der Waals surface area contributed by atoms with E-state index in [0.29, 0.717) is 16.6 Å². The maximum absolute atomic E-state index is 11.6. The molecule has 1 aromatic carbocycles. The van der Waals surface area contributed by atoms with E-state index in [1.165, 1.54) is 0 Å². The summed E-state index contributed by atoms with van der Waals surface area (Å²) in [6.45, 7) is 3.89. The summed E-state index contributed by atoms with van der Waals surface area (Å²) in [5, 5.41) is 12.2. The van der Waals surface area contributed by atoms with Gasteiger partial charge >= 0.3 is 5.97 Å². The topological polar surface area (TPSA) is 67.5 Å². The van der Waals surface area contributed by atoms with Gasteiger partial charge in [-0.15, -0.1) is 11.3 Å². The molecule has 0 aliphatic heterocycles. The minimum absolute atomic E-state index is 0.263. The minimum Gasteiger partial charge on any atom is -0.478 e. The second-order valence-corrected chi connectivity index (χ2v) is 6.76. The molecular weight excluding hydrogens is 334 g/mol. The summed E-state index contributed by atoms with van der Waals surface area (Å²) in [4.78, 5) is 21.7. The number of fused-ring (bicyclic) bond motifs is 2. The Balaban J connectivity index is 1.84. The molecule has 0 atom stereocenters. The highest BCUT2D eigenvalue weighted by Gasteiger charge is 2.12. The van der Waals surface area contributed by atoms with E-state index in [-0.39, 0.29) is 5.56 Å². The van der Waals surface area contributed by atoms with E-state index in [2.05, 4.69) is 9.97 Å². The van der Waals surface area contributed by atoms with Crippen LogP contribution in [0.1, 0.15) is 33.0 Å². The predicted octanol–water partition coefficient (Wildman–Crippen LogP) is 4.43. The quantitative estimate of drug-likeness (QED) is 0.594. The Morgan fingerprint density at radius 3 is 2.84 bits per heavy atom. The van der Waals surface area contributed by atoms with Gasteiger partial charge in [-0.05, 0) is 44.2 Å². The number of carbonyl (C=O) groups is 1. The van der Waals surface area contributed by atoms with E-state index < -0.39 is 5.97 Å². The van der Waals surface area contributed by atoms with Crippen molar-refractivity contribution in [3.8, 4) is 0 Å². The molecule has 1 N–H and O–H groups in total. The van der Waals surface area contributed by atoms with E-state index in [4.69, 9.17) is 0 Å². The number of hydrogen-bond donors (Lipinski definition) is 1. The Morgan fingerprint density at radius 2 is 2.04 bits per heavy atom. The molecule has 0 spiro atoms. The molecule has 0 unspecified atom stereocenters. The zero-order valence-electron chi connectivity index (χ0n) is 13.7. The molecule has 0 saturated heterocycles. The second-order valence-electron chi connectivity index (χ2n) is 5.89. The fraction of sp³-hybridized carbons (Fsp3) is 0.105. The van der Waals surface area contributed by atoms with Crippen molar-refractivity contribution in [3.05, 3.63) is 64.1 Å². The number of carboxylic acid groups (broad SMARTS) is 1. The molecule has 0 fully saturated rings. The van der Waals surface area contributed by atoms with Gasteiger partial charge in [-0.3, -0.25) is 4.40 Å². The average Bonchev–Trinajstić information content (AvgIpc) is 3.13. The van der Waals surface area contributed by atoms with Crippen molar-refractivity contribution in [3.63, 3.8) is 0 Å². The number of aryl methyl sites for hydroxylation is 2. The minimum atomic E-state index is -0.951. The number of nitrogens with zero attached hydrogens (tertiary/aromatic N) is 3. The Bertz CT molecular complexity index is 1150. The van der Waals surface area contributed by atoms with Crippen molar-refractivity contribution in [2.45, 2.75) is 13.8 Å². The SMILES string of the molecule is Cc1ccc2nc(C=Cc3c(C)nc4sccn34)cc(C(=O)O)c2c1. The van der Waals surface area contributed by atoms with Crippen molar-refractivity contribution >= 4 is 45.3 Å². The summed E-state index contributed by atoms with van der Waals surface area (Å²) in [5.41, 5.74) is 4.46. The maximum Gasteiger partial charge on any atom is 0.336 e. The largest absolute Gasteiger partial charge is 0.478 e. The highest BCUT2D eigenvalue weighted by atomic mass is 32.1. The molecule has 3 aromatic heterocycles. The lowest BCUT2D eigenvalue weighted by molar-refractivity contribution is 0.0699. The summed E-state index contributed by atoms with van der Waals surface area (Å²) in [7, 11) is 0. The molecule has 0 aliphatic rings. The molecule has 0 amide bonds. The number of aromatic carboxylic acids is 1. The molecule has 3 heterocycles. The van der Waals surface area contributed by atoms with Crippen LogP contribution in [0.5, 0.6) is 0 Å². The van der Waals surface area contributed by atoms with Crippen LogP contribution in [0.2, 0.25) is 0 Å². The lowest BCUT2D eigenvalue weighted by Gasteiger charge is -2.05. The van der Waals surface area contributed by atoms with Crippen molar-refractivity contribution in [1.82, 2.24) is 14.4 Å². The van der Waals surface area contributed by atoms with Crippen LogP contribution in [0, 0.1) is 13.8 Å². The maximum atomic E-state index is 11.6. The van der Waals surface area contributed by atoms with Gasteiger partial charge in [0.25, 0.3) is 0 Å². The van der Waals surface area contributed by atoms with Gasteiger partial charge in [0.05, 0.1) is 28.2 Å². The lowest BCUT2D eigenvalue weighted by Crippen LogP contribution is -2.00. The molecule has 4 rings (SSSR count). The van der Waals surface area contributed by atoms with Crippen LogP contribution in [0.25, 0.3) is 28.0 Å². The number of thiazole rings is 1. The third-order valence-corrected chi connectivity index (χ3v) is 4.87. The molecule has 0 bridgehead atoms. The van der Waals surface area contributed by atoms with Crippen molar-refractivity contribution in [2.75, 3.05) is 0 Å². The van der Waals surface area contributed by atoms with Crippen LogP contribution in [-0.4, -0.2) is 25.4 Å². The number of hydrogen-bond acceptors (Lipinski definition) is 4. The van der Waals surface area contributed by atoms with Crippen molar-refractivity contribution in [2.24, 2.45) is 0 Å². The van der Waals surface area contributed by atoms with Gasteiger partial charge in [-0.2, -0.15) is 0 Å². The zero-order valence-corrected chi connectivity index (χ0v) is 14.5. The van der Waals surface area contributed by atoms with Crippen LogP contribution < -0.4 is 0 Å². The van der Waals surface area contributed by atoms with E-state index in [1.54, 1.807) is 17.4 Å². The zero-order chi connectivity index (χ0) is 17.6. The molecular formula is C19H15N3O2S. The first-order valence-electron chi connectivity index (χ1n) is 7.78. The number of carboxylic acids is 1. The first-order chi connectivity index (χ1) is 12.0. The standard InChI is InChI=1S/C19H15N3O2S/c1-11-3-5-16-14(9-11)15(18(23)24)10-13(21-16)4-6-17-12(2)20-19-22(17)7-8-25-19/h3-10H,1-2H3,(H,23,24). The van der Waals surface area contributed by atoms with Gasteiger partial charge in [0, 0.05) is 17.0 Å². The Kier molecular flexibility index (Phi) is 3.62. The van der Waals surface area contributed by atoms with Gasteiger partial charge in [0.15, 0.2) is 4.96 Å². The van der Waals surface area contributed by atoms with E-state index >= 15 is 0 Å². The average molecular weight is 349 g/mol. The third kappa shape index (κ3) is 2.70. The Morgan fingerprint density at radius 1 is 1.20 bits per heavy atom. The number of pyridine rings is 1. The highest BCUT2D eigenvalue weighted by molar-refractivity contribution is 7.15. The van der Waals surface area contributed by atoms with Crippen LogP contribution in [0.3, 0.4) is 0 Å². The monoisotopic (exact) mass is 349 g/mol. The molecule has 0 saturated carbocycles. The predicted molar refractivity (Wildman–Crippen MR) is 100 cm³/mol. The fourth-order valence-electron chi connectivity index (χ4n) is 2.90. The van der Waals surface area contributed by atoms with Crippen LogP contribution in [0.4, 0.5) is 0 Å². The van der Waals surface area contributed by atoms with Crippen molar-refractivity contribution < 1.29 is 9.90 Å². The first-order valence-corrected chi connectivity index (χ1v) is 8.66. The molecule has 4 aromatic rings. The molecule has 0 radical (unpaired) electrons. The molecule has 5 nitrogen and oxygen atoms in total. The molecule has 25 heavy (non-hydrogen) atoms. The summed E-state index contributed by atoms with van der Waals surface area (Å²) >= 11 is 1.58. The Labute approximate surface area is 147 Å². The van der Waals surface area contributed by atoms with Gasteiger partial charge < -0.3 is 5.11 Å².